The number of carboxylic acid groups (broad SMARTS) is 1. The van der Waals surface area contributed by atoms with E-state index >= 15 is 0 Å². The van der Waals surface area contributed by atoms with Gasteiger partial charge in [0.2, 0.25) is 0 Å². The van der Waals surface area contributed by atoms with Gasteiger partial charge in [-0.3, -0.25) is 9.78 Å². The van der Waals surface area contributed by atoms with Crippen LogP contribution in [-0.2, 0) is 17.4 Å². The summed E-state index contributed by atoms with van der Waals surface area (Å²) in [5.74, 6) is -1.14. The van der Waals surface area contributed by atoms with Crippen LogP contribution in [0.3, 0.4) is 0 Å². The number of hydrogen-bond donors (Lipinski definition) is 1. The molecule has 7 heteroatoms. The molecule has 4 nitrogen and oxygen atoms in total. The Labute approximate surface area is 111 Å². The van der Waals surface area contributed by atoms with Crippen molar-refractivity contribution in [3.63, 3.8) is 0 Å². The summed E-state index contributed by atoms with van der Waals surface area (Å²) < 4.78 is 38.1. The fraction of sp³-hybridized carbons (Fsp3) is 0.154. The molecule has 0 aliphatic rings. The molecule has 2 rings (SSSR count). The van der Waals surface area contributed by atoms with Gasteiger partial charge < -0.3 is 5.11 Å². The molecule has 0 spiro atoms. The van der Waals surface area contributed by atoms with Crippen LogP contribution in [-0.4, -0.2) is 21.0 Å². The Morgan fingerprint density at radius 2 is 1.80 bits per heavy atom. The molecule has 2 aromatic heterocycles. The Balaban J connectivity index is 2.57. The maximum atomic E-state index is 12.7. The Morgan fingerprint density at radius 1 is 1.15 bits per heavy atom. The van der Waals surface area contributed by atoms with E-state index in [1.54, 1.807) is 0 Å². The van der Waals surface area contributed by atoms with Crippen LogP contribution < -0.4 is 0 Å². The van der Waals surface area contributed by atoms with E-state index in [0.29, 0.717) is 5.56 Å². The van der Waals surface area contributed by atoms with Gasteiger partial charge in [-0.05, 0) is 23.8 Å². The maximum absolute atomic E-state index is 12.7. The number of alkyl halides is 3. The predicted molar refractivity (Wildman–Crippen MR) is 63.8 cm³/mol. The molecule has 104 valence electrons. The second-order valence-electron chi connectivity index (χ2n) is 4.01. The fourth-order valence-corrected chi connectivity index (χ4v) is 1.71. The number of carbonyl (C=O) groups is 1. The molecule has 0 aliphatic carbocycles. The van der Waals surface area contributed by atoms with E-state index in [0.717, 1.165) is 12.1 Å². The van der Waals surface area contributed by atoms with Crippen molar-refractivity contribution >= 4 is 5.97 Å². The summed E-state index contributed by atoms with van der Waals surface area (Å²) in [6.07, 6.45) is -2.17. The van der Waals surface area contributed by atoms with Crippen molar-refractivity contribution < 1.29 is 23.1 Å². The normalized spacial score (nSPS) is 11.3. The first kappa shape index (κ1) is 14.0. The molecule has 0 aliphatic heterocycles. The zero-order chi connectivity index (χ0) is 14.8. The lowest BCUT2D eigenvalue weighted by atomic mass is 10.0. The van der Waals surface area contributed by atoms with E-state index in [4.69, 9.17) is 5.11 Å². The van der Waals surface area contributed by atoms with Crippen LogP contribution in [0, 0.1) is 0 Å². The van der Waals surface area contributed by atoms with Gasteiger partial charge >= 0.3 is 12.1 Å². The predicted octanol–water partition coefficient (Wildman–Crippen LogP) is 2.79. The number of aliphatic carboxylic acids is 1. The van der Waals surface area contributed by atoms with Crippen LogP contribution in [0.1, 0.15) is 11.3 Å². The summed E-state index contributed by atoms with van der Waals surface area (Å²) in [6, 6.07) is 4.88. The van der Waals surface area contributed by atoms with Gasteiger partial charge in [-0.15, -0.1) is 0 Å². The standard InChI is InChI=1S/C13H9F3N2O2/c14-13(15,16)10-2-1-9(7-11(19)20)12(18-10)8-3-5-17-6-4-8/h1-6H,7H2,(H,19,20). The zero-order valence-corrected chi connectivity index (χ0v) is 10.1. The Morgan fingerprint density at radius 3 is 2.35 bits per heavy atom. The van der Waals surface area contributed by atoms with Crippen molar-refractivity contribution in [2.75, 3.05) is 0 Å². The van der Waals surface area contributed by atoms with Gasteiger partial charge in [0.25, 0.3) is 0 Å². The van der Waals surface area contributed by atoms with Gasteiger partial charge in [-0.1, -0.05) is 6.07 Å². The Kier molecular flexibility index (Phi) is 3.69. The third-order valence-electron chi connectivity index (χ3n) is 2.56. The number of hydrogen-bond acceptors (Lipinski definition) is 3. The van der Waals surface area contributed by atoms with Crippen LogP contribution in [0.25, 0.3) is 11.3 Å². The third-order valence-corrected chi connectivity index (χ3v) is 2.56. The molecule has 0 radical (unpaired) electrons. The van der Waals surface area contributed by atoms with Gasteiger partial charge in [0.15, 0.2) is 0 Å². The third kappa shape index (κ3) is 3.11. The lowest BCUT2D eigenvalue weighted by Gasteiger charge is -2.11. The Hall–Kier alpha value is -2.44. The van der Waals surface area contributed by atoms with E-state index in [1.807, 2.05) is 0 Å². The number of nitrogens with zero attached hydrogens (tertiary/aromatic N) is 2. The average molecular weight is 282 g/mol. The lowest BCUT2D eigenvalue weighted by molar-refractivity contribution is -0.141. The van der Waals surface area contributed by atoms with E-state index in [-0.39, 0.29) is 11.3 Å². The lowest BCUT2D eigenvalue weighted by Crippen LogP contribution is -2.11. The average Bonchev–Trinajstić information content (AvgIpc) is 2.38. The summed E-state index contributed by atoms with van der Waals surface area (Å²) in [4.78, 5) is 18.1. The van der Waals surface area contributed by atoms with Crippen molar-refractivity contribution in [3.8, 4) is 11.3 Å². The van der Waals surface area contributed by atoms with Crippen molar-refractivity contribution in [1.82, 2.24) is 9.97 Å². The molecule has 0 amide bonds. The van der Waals surface area contributed by atoms with Crippen molar-refractivity contribution in [3.05, 3.63) is 47.9 Å². The number of aromatic nitrogens is 2. The highest BCUT2D eigenvalue weighted by Gasteiger charge is 2.33. The first-order valence-electron chi connectivity index (χ1n) is 5.57. The molecule has 1 N–H and O–H groups in total. The van der Waals surface area contributed by atoms with Crippen LogP contribution in [0.5, 0.6) is 0 Å². The summed E-state index contributed by atoms with van der Waals surface area (Å²) >= 11 is 0. The molecule has 0 aromatic carbocycles. The zero-order valence-electron chi connectivity index (χ0n) is 10.1. The van der Waals surface area contributed by atoms with E-state index in [2.05, 4.69) is 9.97 Å². The molecule has 0 fully saturated rings. The number of rotatable bonds is 3. The minimum absolute atomic E-state index is 0.00428. The second-order valence-corrected chi connectivity index (χ2v) is 4.01. The molecule has 2 heterocycles. The number of pyridine rings is 2. The maximum Gasteiger partial charge on any atom is 0.433 e. The molecule has 2 aromatic rings. The second kappa shape index (κ2) is 5.28. The van der Waals surface area contributed by atoms with Crippen molar-refractivity contribution in [2.45, 2.75) is 12.6 Å². The molecule has 20 heavy (non-hydrogen) atoms. The first-order chi connectivity index (χ1) is 9.38. The van der Waals surface area contributed by atoms with Crippen molar-refractivity contribution in [2.24, 2.45) is 0 Å². The monoisotopic (exact) mass is 282 g/mol. The fourth-order valence-electron chi connectivity index (χ4n) is 1.71. The van der Waals surface area contributed by atoms with Crippen molar-refractivity contribution in [1.29, 1.82) is 0 Å². The quantitative estimate of drug-likeness (QED) is 0.940. The minimum Gasteiger partial charge on any atom is -0.481 e. The molecule has 0 saturated heterocycles. The molecule has 0 unspecified atom stereocenters. The van der Waals surface area contributed by atoms with Crippen LogP contribution in [0.2, 0.25) is 0 Å². The van der Waals surface area contributed by atoms with Crippen LogP contribution >= 0.6 is 0 Å². The highest BCUT2D eigenvalue weighted by molar-refractivity contribution is 5.75. The largest absolute Gasteiger partial charge is 0.481 e. The molecular formula is C13H9F3N2O2. The summed E-state index contributed by atoms with van der Waals surface area (Å²) in [6.45, 7) is 0. The van der Waals surface area contributed by atoms with Gasteiger partial charge in [0, 0.05) is 18.0 Å². The number of halogens is 3. The summed E-state index contributed by atoms with van der Waals surface area (Å²) in [5, 5.41) is 8.81. The molecule has 0 bridgehead atoms. The topological polar surface area (TPSA) is 63.1 Å². The van der Waals surface area contributed by atoms with Gasteiger partial charge in [-0.2, -0.15) is 13.2 Å². The highest BCUT2D eigenvalue weighted by atomic mass is 19.4. The molecule has 0 saturated carbocycles. The summed E-state index contributed by atoms with van der Waals surface area (Å²) in [5.41, 5.74) is -0.442. The van der Waals surface area contributed by atoms with Gasteiger partial charge in [-0.25, -0.2) is 4.98 Å². The highest BCUT2D eigenvalue weighted by Crippen LogP contribution is 2.31. The minimum atomic E-state index is -4.58. The van der Waals surface area contributed by atoms with Crippen LogP contribution in [0.4, 0.5) is 13.2 Å². The first-order valence-corrected chi connectivity index (χ1v) is 5.57. The Bertz CT molecular complexity index is 627. The van der Waals surface area contributed by atoms with Crippen LogP contribution in [0.15, 0.2) is 36.7 Å². The van der Waals surface area contributed by atoms with E-state index in [1.165, 1.54) is 24.5 Å². The van der Waals surface area contributed by atoms with E-state index in [9.17, 15) is 18.0 Å². The number of carboxylic acids is 1. The SMILES string of the molecule is O=C(O)Cc1ccc(C(F)(F)F)nc1-c1ccncc1. The van der Waals surface area contributed by atoms with E-state index < -0.39 is 24.3 Å². The smallest absolute Gasteiger partial charge is 0.433 e. The summed E-state index contributed by atoms with van der Waals surface area (Å²) in [7, 11) is 0. The molecular weight excluding hydrogens is 273 g/mol. The molecule has 0 atom stereocenters. The van der Waals surface area contributed by atoms with Gasteiger partial charge in [0.05, 0.1) is 12.1 Å². The van der Waals surface area contributed by atoms with Gasteiger partial charge in [0.1, 0.15) is 5.69 Å².